The Morgan fingerprint density at radius 3 is 2.40 bits per heavy atom. The highest BCUT2D eigenvalue weighted by atomic mass is 16.5. The summed E-state index contributed by atoms with van der Waals surface area (Å²) in [6, 6.07) is 6.37. The standard InChI is InChI=1S/C13H21BO/c1-9(2)8-15-11-5-6-13(14)12(7-11)10(3)4/h5-7,9-10H,8,14H2,1-4H3. The quantitative estimate of drug-likeness (QED) is 0.682. The zero-order valence-corrected chi connectivity index (χ0v) is 10.5. The first-order valence-electron chi connectivity index (χ1n) is 5.74. The summed E-state index contributed by atoms with van der Waals surface area (Å²) in [6.45, 7) is 9.55. The molecule has 0 bridgehead atoms. The fourth-order valence-corrected chi connectivity index (χ4v) is 1.59. The molecular formula is C13H21BO. The van der Waals surface area contributed by atoms with Gasteiger partial charge in [0, 0.05) is 0 Å². The molecule has 2 heteroatoms. The Morgan fingerprint density at radius 1 is 1.20 bits per heavy atom. The molecule has 0 amide bonds. The molecule has 15 heavy (non-hydrogen) atoms. The van der Waals surface area contributed by atoms with Crippen LogP contribution in [0.15, 0.2) is 18.2 Å². The SMILES string of the molecule is Bc1ccc(OCC(C)C)cc1C(C)C. The van der Waals surface area contributed by atoms with E-state index in [1.807, 2.05) is 0 Å². The van der Waals surface area contributed by atoms with E-state index in [-0.39, 0.29) is 0 Å². The van der Waals surface area contributed by atoms with Gasteiger partial charge in [-0.2, -0.15) is 0 Å². The number of benzene rings is 1. The number of ether oxygens (including phenoxy) is 1. The molecule has 0 unspecified atom stereocenters. The maximum atomic E-state index is 5.71. The summed E-state index contributed by atoms with van der Waals surface area (Å²) in [5.74, 6) is 2.14. The van der Waals surface area contributed by atoms with E-state index >= 15 is 0 Å². The van der Waals surface area contributed by atoms with Gasteiger partial charge in [0.05, 0.1) is 6.61 Å². The first-order chi connectivity index (χ1) is 7.00. The molecule has 0 aliphatic heterocycles. The molecule has 82 valence electrons. The van der Waals surface area contributed by atoms with Crippen LogP contribution in [0.3, 0.4) is 0 Å². The topological polar surface area (TPSA) is 9.23 Å². The second-order valence-corrected chi connectivity index (χ2v) is 4.88. The first-order valence-corrected chi connectivity index (χ1v) is 5.74. The monoisotopic (exact) mass is 204 g/mol. The van der Waals surface area contributed by atoms with Crippen LogP contribution in [0.25, 0.3) is 0 Å². The average molecular weight is 204 g/mol. The van der Waals surface area contributed by atoms with Gasteiger partial charge in [0.25, 0.3) is 0 Å². The third kappa shape index (κ3) is 3.62. The lowest BCUT2D eigenvalue weighted by molar-refractivity contribution is 0.271. The molecule has 0 saturated heterocycles. The Hall–Kier alpha value is -0.915. The van der Waals surface area contributed by atoms with Gasteiger partial charge in [-0.1, -0.05) is 39.2 Å². The van der Waals surface area contributed by atoms with Gasteiger partial charge in [0.15, 0.2) is 0 Å². The van der Waals surface area contributed by atoms with Crippen LogP contribution in [0, 0.1) is 5.92 Å². The van der Waals surface area contributed by atoms with E-state index in [1.165, 1.54) is 11.0 Å². The number of rotatable bonds is 4. The third-order valence-electron chi connectivity index (χ3n) is 2.46. The highest BCUT2D eigenvalue weighted by molar-refractivity contribution is 6.33. The summed E-state index contributed by atoms with van der Waals surface area (Å²) in [6.07, 6.45) is 0. The normalized spacial score (nSPS) is 11.1. The summed E-state index contributed by atoms with van der Waals surface area (Å²) in [5, 5.41) is 0. The van der Waals surface area contributed by atoms with E-state index in [4.69, 9.17) is 4.74 Å². The van der Waals surface area contributed by atoms with Crippen molar-refractivity contribution in [2.45, 2.75) is 33.6 Å². The zero-order valence-electron chi connectivity index (χ0n) is 10.5. The van der Waals surface area contributed by atoms with Crippen molar-refractivity contribution in [1.82, 2.24) is 0 Å². The molecule has 0 fully saturated rings. The van der Waals surface area contributed by atoms with Gasteiger partial charge >= 0.3 is 0 Å². The van der Waals surface area contributed by atoms with Gasteiger partial charge in [-0.3, -0.25) is 0 Å². The van der Waals surface area contributed by atoms with Crippen LogP contribution in [-0.2, 0) is 0 Å². The Kier molecular flexibility index (Phi) is 4.25. The fraction of sp³-hybridized carbons (Fsp3) is 0.538. The van der Waals surface area contributed by atoms with Crippen molar-refractivity contribution >= 4 is 13.3 Å². The molecule has 0 aliphatic carbocycles. The Morgan fingerprint density at radius 2 is 1.87 bits per heavy atom. The molecular weight excluding hydrogens is 183 g/mol. The van der Waals surface area contributed by atoms with Gasteiger partial charge in [-0.25, -0.2) is 0 Å². The summed E-state index contributed by atoms with van der Waals surface area (Å²) in [4.78, 5) is 0. The van der Waals surface area contributed by atoms with Gasteiger partial charge in [0.2, 0.25) is 0 Å². The average Bonchev–Trinajstić information content (AvgIpc) is 2.16. The Bertz CT molecular complexity index is 318. The Balaban J connectivity index is 2.78. The largest absolute Gasteiger partial charge is 0.493 e. The highest BCUT2D eigenvalue weighted by Crippen LogP contribution is 2.18. The van der Waals surface area contributed by atoms with Gasteiger partial charge in [0.1, 0.15) is 13.6 Å². The maximum Gasteiger partial charge on any atom is 0.139 e. The number of hydrogen-bond donors (Lipinski definition) is 0. The van der Waals surface area contributed by atoms with E-state index in [0.29, 0.717) is 11.8 Å². The van der Waals surface area contributed by atoms with Crippen LogP contribution in [-0.4, -0.2) is 14.5 Å². The molecule has 0 atom stereocenters. The summed E-state index contributed by atoms with van der Waals surface area (Å²) < 4.78 is 5.71. The molecule has 0 aliphatic rings. The predicted octanol–water partition coefficient (Wildman–Crippen LogP) is 2.10. The predicted molar refractivity (Wildman–Crippen MR) is 69.0 cm³/mol. The summed E-state index contributed by atoms with van der Waals surface area (Å²) >= 11 is 0. The van der Waals surface area contributed by atoms with Crippen LogP contribution in [0.4, 0.5) is 0 Å². The summed E-state index contributed by atoms with van der Waals surface area (Å²) in [7, 11) is 2.15. The zero-order chi connectivity index (χ0) is 11.4. The summed E-state index contributed by atoms with van der Waals surface area (Å²) in [5.41, 5.74) is 2.73. The molecule has 1 aromatic rings. The van der Waals surface area contributed by atoms with E-state index in [0.717, 1.165) is 12.4 Å². The van der Waals surface area contributed by atoms with E-state index in [1.54, 1.807) is 0 Å². The number of hydrogen-bond acceptors (Lipinski definition) is 1. The second kappa shape index (κ2) is 5.25. The fourth-order valence-electron chi connectivity index (χ4n) is 1.59. The molecule has 1 aromatic carbocycles. The minimum Gasteiger partial charge on any atom is -0.493 e. The van der Waals surface area contributed by atoms with Gasteiger partial charge in [-0.05, 0) is 29.5 Å². The van der Waals surface area contributed by atoms with Crippen molar-refractivity contribution in [3.63, 3.8) is 0 Å². The van der Waals surface area contributed by atoms with Crippen LogP contribution >= 0.6 is 0 Å². The van der Waals surface area contributed by atoms with E-state index < -0.39 is 0 Å². The van der Waals surface area contributed by atoms with Gasteiger partial charge < -0.3 is 4.74 Å². The molecule has 1 nitrogen and oxygen atoms in total. The van der Waals surface area contributed by atoms with Crippen LogP contribution in [0.5, 0.6) is 5.75 Å². The van der Waals surface area contributed by atoms with Crippen molar-refractivity contribution in [3.05, 3.63) is 23.8 Å². The molecule has 1 rings (SSSR count). The van der Waals surface area contributed by atoms with Crippen LogP contribution in [0.2, 0.25) is 0 Å². The molecule has 0 heterocycles. The van der Waals surface area contributed by atoms with Gasteiger partial charge in [-0.15, -0.1) is 0 Å². The lowest BCUT2D eigenvalue weighted by Gasteiger charge is -2.14. The van der Waals surface area contributed by atoms with Crippen LogP contribution < -0.4 is 10.2 Å². The van der Waals surface area contributed by atoms with Crippen LogP contribution in [0.1, 0.15) is 39.2 Å². The Labute approximate surface area is 94.3 Å². The second-order valence-electron chi connectivity index (χ2n) is 4.88. The third-order valence-corrected chi connectivity index (χ3v) is 2.46. The molecule has 0 aromatic heterocycles. The van der Waals surface area contributed by atoms with Crippen molar-refractivity contribution in [3.8, 4) is 5.75 Å². The van der Waals surface area contributed by atoms with Crippen molar-refractivity contribution in [2.75, 3.05) is 6.61 Å². The van der Waals surface area contributed by atoms with E-state index in [2.05, 4.69) is 53.7 Å². The van der Waals surface area contributed by atoms with Crippen molar-refractivity contribution in [2.24, 2.45) is 5.92 Å². The highest BCUT2D eigenvalue weighted by Gasteiger charge is 2.05. The molecule has 0 N–H and O–H groups in total. The molecule has 0 saturated carbocycles. The maximum absolute atomic E-state index is 5.71. The minimum absolute atomic E-state index is 0.563. The first kappa shape index (κ1) is 12.2. The lowest BCUT2D eigenvalue weighted by atomic mass is 9.85. The molecule has 0 spiro atoms. The smallest absolute Gasteiger partial charge is 0.139 e. The molecule has 0 radical (unpaired) electrons. The van der Waals surface area contributed by atoms with Crippen molar-refractivity contribution < 1.29 is 4.74 Å². The minimum atomic E-state index is 0.563. The lowest BCUT2D eigenvalue weighted by Crippen LogP contribution is -2.12. The van der Waals surface area contributed by atoms with E-state index in [9.17, 15) is 0 Å². The van der Waals surface area contributed by atoms with Crippen molar-refractivity contribution in [1.29, 1.82) is 0 Å².